The van der Waals surface area contributed by atoms with Crippen molar-refractivity contribution in [3.63, 3.8) is 0 Å². The first-order valence-corrected chi connectivity index (χ1v) is 8.10. The van der Waals surface area contributed by atoms with Crippen molar-refractivity contribution in [1.82, 2.24) is 9.78 Å². The van der Waals surface area contributed by atoms with Crippen molar-refractivity contribution in [1.29, 1.82) is 5.26 Å². The third-order valence-corrected chi connectivity index (χ3v) is 3.53. The van der Waals surface area contributed by atoms with E-state index < -0.39 is 0 Å². The van der Waals surface area contributed by atoms with E-state index in [1.165, 1.54) is 0 Å². The lowest BCUT2D eigenvalue weighted by Crippen LogP contribution is -2.07. The average molecular weight is 348 g/mol. The summed E-state index contributed by atoms with van der Waals surface area (Å²) in [4.78, 5) is 11.0. The Balaban J connectivity index is 0.000000197. The SMILES string of the molecule is N#CCC(=O)c1ccccc1.Nc1cc(-c2ccccc2)nn1CCO. The quantitative estimate of drug-likeness (QED) is 0.690. The molecule has 2 aromatic carbocycles. The molecule has 0 aliphatic rings. The Hall–Kier alpha value is -3.43. The largest absolute Gasteiger partial charge is 0.394 e. The van der Waals surface area contributed by atoms with Crippen LogP contribution < -0.4 is 5.73 Å². The molecule has 0 bridgehead atoms. The third-order valence-electron chi connectivity index (χ3n) is 3.53. The molecular formula is C20H20N4O2. The van der Waals surface area contributed by atoms with Gasteiger partial charge in [-0.3, -0.25) is 4.79 Å². The molecule has 3 aromatic rings. The Labute approximate surface area is 152 Å². The van der Waals surface area contributed by atoms with Crippen molar-refractivity contribution in [2.75, 3.05) is 12.3 Å². The van der Waals surface area contributed by atoms with Crippen LogP contribution in [-0.2, 0) is 6.54 Å². The number of nitrogen functional groups attached to an aromatic ring is 1. The first-order valence-electron chi connectivity index (χ1n) is 8.10. The zero-order valence-corrected chi connectivity index (χ0v) is 14.2. The molecule has 0 unspecified atom stereocenters. The van der Waals surface area contributed by atoms with Crippen LogP contribution in [0, 0.1) is 11.3 Å². The molecule has 1 heterocycles. The molecule has 3 rings (SSSR count). The summed E-state index contributed by atoms with van der Waals surface area (Å²) in [5.41, 5.74) is 8.22. The fourth-order valence-corrected chi connectivity index (χ4v) is 2.25. The molecule has 0 atom stereocenters. The van der Waals surface area contributed by atoms with Gasteiger partial charge in [-0.1, -0.05) is 60.7 Å². The van der Waals surface area contributed by atoms with Gasteiger partial charge in [0.2, 0.25) is 0 Å². The van der Waals surface area contributed by atoms with Gasteiger partial charge in [-0.25, -0.2) is 4.68 Å². The number of benzene rings is 2. The van der Waals surface area contributed by atoms with Crippen LogP contribution in [0.5, 0.6) is 0 Å². The maximum Gasteiger partial charge on any atom is 0.176 e. The van der Waals surface area contributed by atoms with Crippen LogP contribution >= 0.6 is 0 Å². The summed E-state index contributed by atoms with van der Waals surface area (Å²) in [7, 11) is 0. The van der Waals surface area contributed by atoms with Gasteiger partial charge in [-0.15, -0.1) is 0 Å². The number of aromatic nitrogens is 2. The van der Waals surface area contributed by atoms with Gasteiger partial charge in [0.25, 0.3) is 0 Å². The molecule has 0 fully saturated rings. The molecular weight excluding hydrogens is 328 g/mol. The van der Waals surface area contributed by atoms with Crippen molar-refractivity contribution in [2.45, 2.75) is 13.0 Å². The molecule has 6 nitrogen and oxygen atoms in total. The molecule has 0 saturated heterocycles. The van der Waals surface area contributed by atoms with Crippen molar-refractivity contribution in [2.24, 2.45) is 0 Å². The number of rotatable bonds is 5. The highest BCUT2D eigenvalue weighted by Gasteiger charge is 2.05. The van der Waals surface area contributed by atoms with Gasteiger partial charge in [-0.2, -0.15) is 10.4 Å². The molecule has 6 heteroatoms. The second-order valence-electron chi connectivity index (χ2n) is 5.39. The number of ketones is 1. The van der Waals surface area contributed by atoms with Gasteiger partial charge in [0.05, 0.1) is 31.3 Å². The zero-order chi connectivity index (χ0) is 18.8. The molecule has 132 valence electrons. The summed E-state index contributed by atoms with van der Waals surface area (Å²) >= 11 is 0. The van der Waals surface area contributed by atoms with E-state index in [1.807, 2.05) is 48.5 Å². The zero-order valence-electron chi connectivity index (χ0n) is 14.2. The summed E-state index contributed by atoms with van der Waals surface area (Å²) < 4.78 is 1.60. The fraction of sp³-hybridized carbons (Fsp3) is 0.150. The first kappa shape index (κ1) is 18.9. The van der Waals surface area contributed by atoms with Gasteiger partial charge in [0.1, 0.15) is 5.82 Å². The number of carbonyl (C=O) groups is 1. The van der Waals surface area contributed by atoms with Gasteiger partial charge in [0, 0.05) is 17.2 Å². The van der Waals surface area contributed by atoms with E-state index in [1.54, 1.807) is 28.9 Å². The number of aliphatic hydroxyl groups excluding tert-OH is 1. The lowest BCUT2D eigenvalue weighted by Gasteiger charge is -1.99. The predicted octanol–water partition coefficient (Wildman–Crippen LogP) is 2.91. The predicted molar refractivity (Wildman–Crippen MR) is 100 cm³/mol. The van der Waals surface area contributed by atoms with Gasteiger partial charge in [0.15, 0.2) is 5.78 Å². The van der Waals surface area contributed by atoms with E-state index in [0.717, 1.165) is 11.3 Å². The standard InChI is InChI=1S/C11H13N3O.C9H7NO/c12-11-8-10(13-14(11)6-7-15)9-4-2-1-3-5-9;10-7-6-9(11)8-4-2-1-3-5-8/h1-5,8,15H,6-7,12H2;1-5H,6H2. The second-order valence-corrected chi connectivity index (χ2v) is 5.39. The van der Waals surface area contributed by atoms with Crippen LogP contribution in [0.1, 0.15) is 16.8 Å². The highest BCUT2D eigenvalue weighted by atomic mass is 16.3. The number of aliphatic hydroxyl groups is 1. The average Bonchev–Trinajstić information content (AvgIpc) is 3.05. The van der Waals surface area contributed by atoms with Gasteiger partial charge < -0.3 is 10.8 Å². The van der Waals surface area contributed by atoms with E-state index in [4.69, 9.17) is 16.1 Å². The highest BCUT2D eigenvalue weighted by molar-refractivity contribution is 5.97. The molecule has 0 saturated carbocycles. The summed E-state index contributed by atoms with van der Waals surface area (Å²) in [6, 6.07) is 22.3. The molecule has 0 amide bonds. The normalized spacial score (nSPS) is 9.69. The Kier molecular flexibility index (Phi) is 7.10. The summed E-state index contributed by atoms with van der Waals surface area (Å²) in [5, 5.41) is 21.3. The van der Waals surface area contributed by atoms with Crippen LogP contribution in [0.2, 0.25) is 0 Å². The lowest BCUT2D eigenvalue weighted by atomic mass is 10.1. The van der Waals surface area contributed by atoms with E-state index in [-0.39, 0.29) is 18.8 Å². The van der Waals surface area contributed by atoms with E-state index >= 15 is 0 Å². The minimum Gasteiger partial charge on any atom is -0.394 e. The molecule has 0 spiro atoms. The molecule has 0 radical (unpaired) electrons. The summed E-state index contributed by atoms with van der Waals surface area (Å²) in [6.45, 7) is 0.471. The van der Waals surface area contributed by atoms with Crippen molar-refractivity contribution in [3.05, 3.63) is 72.3 Å². The smallest absolute Gasteiger partial charge is 0.176 e. The highest BCUT2D eigenvalue weighted by Crippen LogP contribution is 2.19. The van der Waals surface area contributed by atoms with Crippen molar-refractivity contribution in [3.8, 4) is 17.3 Å². The van der Waals surface area contributed by atoms with E-state index in [9.17, 15) is 4.79 Å². The molecule has 1 aromatic heterocycles. The van der Waals surface area contributed by atoms with Crippen molar-refractivity contribution < 1.29 is 9.90 Å². The Morgan fingerprint density at radius 2 is 1.73 bits per heavy atom. The number of Topliss-reactive ketones (excluding diaryl/α,β-unsaturated/α-hetero) is 1. The van der Waals surface area contributed by atoms with Crippen molar-refractivity contribution >= 4 is 11.6 Å². The topological polar surface area (TPSA) is 105 Å². The number of anilines is 1. The fourth-order valence-electron chi connectivity index (χ4n) is 2.25. The molecule has 0 aliphatic heterocycles. The second kappa shape index (κ2) is 9.77. The maximum absolute atomic E-state index is 11.0. The number of nitrogens with two attached hydrogens (primary N) is 1. The van der Waals surface area contributed by atoms with Gasteiger partial charge >= 0.3 is 0 Å². The number of hydrogen-bond donors (Lipinski definition) is 2. The Morgan fingerprint density at radius 3 is 2.31 bits per heavy atom. The maximum atomic E-state index is 11.0. The Bertz CT molecular complexity index is 868. The number of carbonyl (C=O) groups excluding carboxylic acids is 1. The van der Waals surface area contributed by atoms with Crippen LogP contribution in [0.15, 0.2) is 66.7 Å². The van der Waals surface area contributed by atoms with E-state index in [2.05, 4.69) is 5.10 Å². The summed E-state index contributed by atoms with van der Waals surface area (Å²) in [6.07, 6.45) is -0.0377. The van der Waals surface area contributed by atoms with E-state index in [0.29, 0.717) is 17.9 Å². The minimum absolute atomic E-state index is 0.0377. The van der Waals surface area contributed by atoms with Crippen LogP contribution in [0.3, 0.4) is 0 Å². The van der Waals surface area contributed by atoms with Gasteiger partial charge in [-0.05, 0) is 0 Å². The Morgan fingerprint density at radius 1 is 1.12 bits per heavy atom. The third kappa shape index (κ3) is 5.30. The molecule has 26 heavy (non-hydrogen) atoms. The molecule has 3 N–H and O–H groups in total. The summed E-state index contributed by atoms with van der Waals surface area (Å²) in [5.74, 6) is 0.455. The minimum atomic E-state index is -0.117. The number of nitriles is 1. The van der Waals surface area contributed by atoms with Crippen LogP contribution in [0.25, 0.3) is 11.3 Å². The first-order chi connectivity index (χ1) is 12.7. The number of hydrogen-bond acceptors (Lipinski definition) is 5. The van der Waals surface area contributed by atoms with Crippen LogP contribution in [0.4, 0.5) is 5.82 Å². The van der Waals surface area contributed by atoms with Crippen LogP contribution in [-0.4, -0.2) is 27.3 Å². The molecule has 0 aliphatic carbocycles. The monoisotopic (exact) mass is 348 g/mol. The lowest BCUT2D eigenvalue weighted by molar-refractivity contribution is 0.0997. The number of nitrogens with zero attached hydrogens (tertiary/aromatic N) is 3.